The first-order chi connectivity index (χ1) is 9.97. The maximum Gasteiger partial charge on any atom is 0.317 e. The number of hydrogen-bond acceptors (Lipinski definition) is 3. The number of piperidine rings is 1. The first-order valence-corrected chi connectivity index (χ1v) is 7.65. The van der Waals surface area contributed by atoms with Gasteiger partial charge in [0.25, 0.3) is 0 Å². The van der Waals surface area contributed by atoms with Crippen molar-refractivity contribution in [3.8, 4) is 0 Å². The highest BCUT2D eigenvalue weighted by Gasteiger charge is 2.34. The van der Waals surface area contributed by atoms with Gasteiger partial charge in [-0.2, -0.15) is 0 Å². The second kappa shape index (κ2) is 7.05. The lowest BCUT2D eigenvalue weighted by molar-refractivity contribution is -0.139. The SMILES string of the molecule is CC1CN(Cc2ccccc2)CC(C)C1N(C)CC(=O)O. The van der Waals surface area contributed by atoms with E-state index in [2.05, 4.69) is 43.0 Å². The molecule has 4 heteroatoms. The zero-order valence-electron chi connectivity index (χ0n) is 13.2. The Hall–Kier alpha value is -1.39. The summed E-state index contributed by atoms with van der Waals surface area (Å²) in [7, 11) is 1.93. The van der Waals surface area contributed by atoms with Gasteiger partial charge in [-0.3, -0.25) is 14.6 Å². The number of rotatable bonds is 5. The number of hydrogen-bond donors (Lipinski definition) is 1. The molecule has 1 aromatic carbocycles. The molecule has 1 fully saturated rings. The highest BCUT2D eigenvalue weighted by Crippen LogP contribution is 2.27. The Labute approximate surface area is 127 Å². The molecule has 0 saturated carbocycles. The molecule has 1 saturated heterocycles. The number of nitrogens with zero attached hydrogens (tertiary/aromatic N) is 2. The Bertz CT molecular complexity index is 451. The monoisotopic (exact) mass is 290 g/mol. The lowest BCUT2D eigenvalue weighted by Gasteiger charge is -2.45. The van der Waals surface area contributed by atoms with E-state index in [-0.39, 0.29) is 6.54 Å². The van der Waals surface area contributed by atoms with E-state index in [1.807, 2.05) is 18.0 Å². The van der Waals surface area contributed by atoms with Gasteiger partial charge in [0.05, 0.1) is 6.54 Å². The molecule has 4 nitrogen and oxygen atoms in total. The molecule has 0 aromatic heterocycles. The summed E-state index contributed by atoms with van der Waals surface area (Å²) in [4.78, 5) is 15.4. The molecule has 1 heterocycles. The Kier molecular flexibility index (Phi) is 5.37. The van der Waals surface area contributed by atoms with E-state index in [4.69, 9.17) is 5.11 Å². The van der Waals surface area contributed by atoms with E-state index < -0.39 is 5.97 Å². The number of likely N-dealkylation sites (tertiary alicyclic amines) is 1. The maximum atomic E-state index is 10.9. The van der Waals surface area contributed by atoms with Crippen molar-refractivity contribution in [2.45, 2.75) is 26.4 Å². The predicted molar refractivity (Wildman–Crippen MR) is 84.1 cm³/mol. The minimum atomic E-state index is -0.747. The van der Waals surface area contributed by atoms with E-state index in [9.17, 15) is 4.79 Å². The molecule has 2 unspecified atom stereocenters. The summed E-state index contributed by atoms with van der Waals surface area (Å²) < 4.78 is 0. The van der Waals surface area contributed by atoms with Crippen LogP contribution in [0.3, 0.4) is 0 Å². The molecular formula is C17H26N2O2. The number of carboxylic acid groups (broad SMARTS) is 1. The van der Waals surface area contributed by atoms with Crippen LogP contribution in [0, 0.1) is 11.8 Å². The third-order valence-electron chi connectivity index (χ3n) is 4.40. The first kappa shape index (κ1) is 16.0. The summed E-state index contributed by atoms with van der Waals surface area (Å²) in [5.74, 6) is 0.201. The molecule has 2 rings (SSSR count). The van der Waals surface area contributed by atoms with Gasteiger partial charge in [-0.25, -0.2) is 0 Å². The van der Waals surface area contributed by atoms with Gasteiger partial charge in [-0.1, -0.05) is 44.2 Å². The standard InChI is InChI=1S/C17H26N2O2/c1-13-9-19(11-15-7-5-4-6-8-15)10-14(2)17(13)18(3)12-16(20)21/h4-8,13-14,17H,9-12H2,1-3H3,(H,20,21). The molecule has 116 valence electrons. The fourth-order valence-corrected chi connectivity index (χ4v) is 3.82. The molecule has 1 N–H and O–H groups in total. The summed E-state index contributed by atoms with van der Waals surface area (Å²) in [6.07, 6.45) is 0. The third-order valence-corrected chi connectivity index (χ3v) is 4.40. The van der Waals surface area contributed by atoms with Crippen molar-refractivity contribution in [2.75, 3.05) is 26.7 Å². The molecule has 0 amide bonds. The van der Waals surface area contributed by atoms with Gasteiger partial charge in [0, 0.05) is 25.7 Å². The summed E-state index contributed by atoms with van der Waals surface area (Å²) in [6, 6.07) is 10.9. The van der Waals surface area contributed by atoms with Crippen LogP contribution in [0.25, 0.3) is 0 Å². The zero-order chi connectivity index (χ0) is 15.4. The average Bonchev–Trinajstić information content (AvgIpc) is 2.38. The highest BCUT2D eigenvalue weighted by molar-refractivity contribution is 5.69. The van der Waals surface area contributed by atoms with Crippen LogP contribution in [0.2, 0.25) is 0 Å². The molecule has 0 radical (unpaired) electrons. The van der Waals surface area contributed by atoms with Crippen molar-refractivity contribution in [2.24, 2.45) is 11.8 Å². The van der Waals surface area contributed by atoms with Crippen molar-refractivity contribution in [1.82, 2.24) is 9.80 Å². The number of carbonyl (C=O) groups is 1. The molecule has 2 atom stereocenters. The summed E-state index contributed by atoms with van der Waals surface area (Å²) in [6.45, 7) is 7.61. The van der Waals surface area contributed by atoms with E-state index in [0.717, 1.165) is 19.6 Å². The largest absolute Gasteiger partial charge is 0.480 e. The molecule has 0 bridgehead atoms. The van der Waals surface area contributed by atoms with Gasteiger partial charge in [-0.15, -0.1) is 0 Å². The van der Waals surface area contributed by atoms with Gasteiger partial charge in [0.1, 0.15) is 0 Å². The minimum Gasteiger partial charge on any atom is -0.480 e. The topological polar surface area (TPSA) is 43.8 Å². The van der Waals surface area contributed by atoms with Crippen molar-refractivity contribution < 1.29 is 9.90 Å². The summed E-state index contributed by atoms with van der Waals surface area (Å²) >= 11 is 0. The van der Waals surface area contributed by atoms with Gasteiger partial charge < -0.3 is 5.11 Å². The van der Waals surface area contributed by atoms with Crippen LogP contribution in [0.4, 0.5) is 0 Å². The van der Waals surface area contributed by atoms with Crippen LogP contribution < -0.4 is 0 Å². The molecule has 1 aliphatic rings. The zero-order valence-corrected chi connectivity index (χ0v) is 13.2. The van der Waals surface area contributed by atoms with E-state index in [1.54, 1.807) is 0 Å². The maximum absolute atomic E-state index is 10.9. The normalized spacial score (nSPS) is 27.0. The average molecular weight is 290 g/mol. The number of likely N-dealkylation sites (N-methyl/N-ethyl adjacent to an activating group) is 1. The quantitative estimate of drug-likeness (QED) is 0.902. The van der Waals surface area contributed by atoms with E-state index >= 15 is 0 Å². The smallest absolute Gasteiger partial charge is 0.317 e. The van der Waals surface area contributed by atoms with Gasteiger partial charge in [-0.05, 0) is 24.4 Å². The lowest BCUT2D eigenvalue weighted by atomic mass is 9.84. The van der Waals surface area contributed by atoms with E-state index in [0.29, 0.717) is 17.9 Å². The third kappa shape index (κ3) is 4.29. The highest BCUT2D eigenvalue weighted by atomic mass is 16.4. The van der Waals surface area contributed by atoms with Crippen LogP contribution in [-0.2, 0) is 11.3 Å². The van der Waals surface area contributed by atoms with Crippen molar-refractivity contribution in [3.63, 3.8) is 0 Å². The van der Waals surface area contributed by atoms with E-state index in [1.165, 1.54) is 5.56 Å². The summed E-state index contributed by atoms with van der Waals surface area (Å²) in [5, 5.41) is 8.98. The predicted octanol–water partition coefficient (Wildman–Crippen LogP) is 2.16. The van der Waals surface area contributed by atoms with Crippen LogP contribution >= 0.6 is 0 Å². The second-order valence-electron chi connectivity index (χ2n) is 6.43. The Morgan fingerprint density at radius 3 is 2.33 bits per heavy atom. The van der Waals surface area contributed by atoms with Gasteiger partial charge >= 0.3 is 5.97 Å². The van der Waals surface area contributed by atoms with Crippen molar-refractivity contribution in [3.05, 3.63) is 35.9 Å². The van der Waals surface area contributed by atoms with Crippen molar-refractivity contribution in [1.29, 1.82) is 0 Å². The molecular weight excluding hydrogens is 264 g/mol. The Morgan fingerprint density at radius 2 is 1.81 bits per heavy atom. The molecule has 0 spiro atoms. The van der Waals surface area contributed by atoms with Crippen LogP contribution in [0.1, 0.15) is 19.4 Å². The van der Waals surface area contributed by atoms with Gasteiger partial charge in [0.15, 0.2) is 0 Å². The Balaban J connectivity index is 1.96. The van der Waals surface area contributed by atoms with Crippen LogP contribution in [0.15, 0.2) is 30.3 Å². The minimum absolute atomic E-state index is 0.123. The molecule has 0 aliphatic carbocycles. The molecule has 1 aromatic rings. The van der Waals surface area contributed by atoms with Crippen LogP contribution in [-0.4, -0.2) is 53.6 Å². The number of aliphatic carboxylic acids is 1. The fraction of sp³-hybridized carbons (Fsp3) is 0.588. The Morgan fingerprint density at radius 1 is 1.24 bits per heavy atom. The lowest BCUT2D eigenvalue weighted by Crippen LogP contribution is -2.54. The molecule has 1 aliphatic heterocycles. The first-order valence-electron chi connectivity index (χ1n) is 7.65. The second-order valence-corrected chi connectivity index (χ2v) is 6.43. The number of benzene rings is 1. The molecule has 21 heavy (non-hydrogen) atoms. The van der Waals surface area contributed by atoms with Crippen molar-refractivity contribution >= 4 is 5.97 Å². The summed E-state index contributed by atoms with van der Waals surface area (Å²) in [5.41, 5.74) is 1.34. The number of carboxylic acids is 1. The fourth-order valence-electron chi connectivity index (χ4n) is 3.82. The van der Waals surface area contributed by atoms with Gasteiger partial charge in [0.2, 0.25) is 0 Å². The van der Waals surface area contributed by atoms with Crippen LogP contribution in [0.5, 0.6) is 0 Å².